The van der Waals surface area contributed by atoms with E-state index in [4.69, 9.17) is 9.88 Å². The second-order valence-corrected chi connectivity index (χ2v) is 7.54. The third-order valence-corrected chi connectivity index (χ3v) is 5.09. The molecule has 1 aliphatic rings. The third-order valence-electron chi connectivity index (χ3n) is 4.18. The zero-order valence-electron chi connectivity index (χ0n) is 14.3. The fourth-order valence-electron chi connectivity index (χ4n) is 2.82. The van der Waals surface area contributed by atoms with Gasteiger partial charge in [-0.25, -0.2) is 18.2 Å². The van der Waals surface area contributed by atoms with Gasteiger partial charge >= 0.3 is 0 Å². The Morgan fingerprint density at radius 1 is 1.31 bits per heavy atom. The van der Waals surface area contributed by atoms with Crippen molar-refractivity contribution < 1.29 is 23.1 Å². The predicted molar refractivity (Wildman–Crippen MR) is 92.3 cm³/mol. The number of sulfonamides is 1. The van der Waals surface area contributed by atoms with E-state index < -0.39 is 16.6 Å². The Balaban J connectivity index is 1.97. The highest BCUT2D eigenvalue weighted by atomic mass is 32.2. The minimum absolute atomic E-state index is 0.0975. The number of ether oxygens (including phenoxy) is 1. The highest BCUT2D eigenvalue weighted by Gasteiger charge is 2.22. The first-order valence-electron chi connectivity index (χ1n) is 8.02. The lowest BCUT2D eigenvalue weighted by molar-refractivity contribution is 0.0298. The van der Waals surface area contributed by atoms with Crippen molar-refractivity contribution in [1.29, 1.82) is 0 Å². The molecule has 0 aliphatic carbocycles. The molecule has 0 saturated carbocycles. The Hall–Kier alpha value is -2.27. The van der Waals surface area contributed by atoms with Gasteiger partial charge < -0.3 is 14.7 Å². The van der Waals surface area contributed by atoms with E-state index in [-0.39, 0.29) is 16.5 Å². The van der Waals surface area contributed by atoms with Gasteiger partial charge in [-0.2, -0.15) is 5.10 Å². The van der Waals surface area contributed by atoms with Crippen molar-refractivity contribution in [3.8, 4) is 5.69 Å². The van der Waals surface area contributed by atoms with E-state index >= 15 is 0 Å². The Kier molecular flexibility index (Phi) is 5.10. The largest absolute Gasteiger partial charge is 0.392 e. The van der Waals surface area contributed by atoms with Crippen LogP contribution in [-0.4, -0.2) is 60.4 Å². The van der Waals surface area contributed by atoms with Gasteiger partial charge in [-0.1, -0.05) is 0 Å². The van der Waals surface area contributed by atoms with Crippen LogP contribution in [0.1, 0.15) is 21.7 Å². The molecule has 9 nitrogen and oxygen atoms in total. The predicted octanol–water partition coefficient (Wildman–Crippen LogP) is -0.207. The normalized spacial score (nSPS) is 15.3. The number of carbonyl (C=O) groups excluding carboxylic acids is 1. The summed E-state index contributed by atoms with van der Waals surface area (Å²) in [5.74, 6) is -0.193. The van der Waals surface area contributed by atoms with E-state index in [2.05, 4.69) is 5.10 Å². The molecule has 0 spiro atoms. The highest BCUT2D eigenvalue weighted by Crippen LogP contribution is 2.21. The molecule has 2 heterocycles. The Morgan fingerprint density at radius 2 is 2.00 bits per heavy atom. The molecule has 1 aliphatic heterocycles. The number of nitrogens with zero attached hydrogens (tertiary/aromatic N) is 3. The number of amides is 1. The molecule has 1 aromatic carbocycles. The minimum Gasteiger partial charge on any atom is -0.392 e. The van der Waals surface area contributed by atoms with Gasteiger partial charge in [0.2, 0.25) is 10.0 Å². The van der Waals surface area contributed by atoms with E-state index in [1.54, 1.807) is 17.9 Å². The zero-order valence-corrected chi connectivity index (χ0v) is 15.1. The van der Waals surface area contributed by atoms with Crippen LogP contribution in [-0.2, 0) is 21.4 Å². The van der Waals surface area contributed by atoms with Gasteiger partial charge in [0.25, 0.3) is 5.91 Å². The summed E-state index contributed by atoms with van der Waals surface area (Å²) >= 11 is 0. The number of hydrogen-bond donors (Lipinski definition) is 2. The first kappa shape index (κ1) is 18.5. The van der Waals surface area contributed by atoms with Crippen LogP contribution in [0, 0.1) is 6.92 Å². The number of aliphatic hydroxyl groups is 1. The molecule has 1 amide bonds. The van der Waals surface area contributed by atoms with E-state index in [1.165, 1.54) is 22.9 Å². The van der Waals surface area contributed by atoms with Gasteiger partial charge in [-0.3, -0.25) is 4.79 Å². The zero-order chi connectivity index (χ0) is 18.9. The fraction of sp³-hybridized carbons (Fsp3) is 0.375. The number of hydrogen-bond acceptors (Lipinski definition) is 6. The number of nitrogens with two attached hydrogens (primary N) is 1. The molecule has 26 heavy (non-hydrogen) atoms. The molecule has 1 saturated heterocycles. The number of aliphatic hydroxyl groups excluding tert-OH is 1. The monoisotopic (exact) mass is 380 g/mol. The topological polar surface area (TPSA) is 128 Å². The van der Waals surface area contributed by atoms with Gasteiger partial charge in [0.1, 0.15) is 0 Å². The molecule has 0 radical (unpaired) electrons. The minimum atomic E-state index is -3.88. The van der Waals surface area contributed by atoms with Gasteiger partial charge in [0, 0.05) is 24.3 Å². The van der Waals surface area contributed by atoms with Crippen molar-refractivity contribution in [2.75, 3.05) is 26.3 Å². The second kappa shape index (κ2) is 7.16. The summed E-state index contributed by atoms with van der Waals surface area (Å²) in [6, 6.07) is 5.81. The molecule has 0 unspecified atom stereocenters. The number of aryl methyl sites for hydroxylation is 1. The number of carbonyl (C=O) groups is 1. The van der Waals surface area contributed by atoms with E-state index in [9.17, 15) is 18.3 Å². The van der Waals surface area contributed by atoms with Crippen molar-refractivity contribution >= 4 is 15.9 Å². The molecule has 1 fully saturated rings. The molecule has 10 heteroatoms. The lowest BCUT2D eigenvalue weighted by Gasteiger charge is -2.25. The molecule has 3 N–H and O–H groups in total. The van der Waals surface area contributed by atoms with E-state index in [0.717, 1.165) is 0 Å². The Bertz CT molecular complexity index is 932. The summed E-state index contributed by atoms with van der Waals surface area (Å²) < 4.78 is 29.7. The molecule has 140 valence electrons. The maximum absolute atomic E-state index is 12.6. The van der Waals surface area contributed by atoms with Crippen LogP contribution in [0.15, 0.2) is 29.2 Å². The highest BCUT2D eigenvalue weighted by molar-refractivity contribution is 7.89. The maximum Gasteiger partial charge on any atom is 0.274 e. The maximum atomic E-state index is 12.6. The van der Waals surface area contributed by atoms with Crippen molar-refractivity contribution in [1.82, 2.24) is 14.7 Å². The summed E-state index contributed by atoms with van der Waals surface area (Å²) in [5.41, 5.74) is 1.79. The SMILES string of the molecule is Cc1cc(C(=O)N2CCOCC2)nn1-c1ccc(S(N)(=O)=O)cc1CO. The van der Waals surface area contributed by atoms with Crippen LogP contribution in [0.3, 0.4) is 0 Å². The quantitative estimate of drug-likeness (QED) is 0.756. The summed E-state index contributed by atoms with van der Waals surface area (Å²) in [7, 11) is -3.88. The van der Waals surface area contributed by atoms with Crippen LogP contribution < -0.4 is 5.14 Å². The Labute approximate surface area is 151 Å². The molecular formula is C16H20N4O5S. The number of primary sulfonamides is 1. The number of benzene rings is 1. The average Bonchev–Trinajstić information content (AvgIpc) is 3.02. The summed E-state index contributed by atoms with van der Waals surface area (Å²) in [6.07, 6.45) is 0. The van der Waals surface area contributed by atoms with Gasteiger partial charge in [0.15, 0.2) is 5.69 Å². The van der Waals surface area contributed by atoms with Crippen molar-refractivity contribution in [2.45, 2.75) is 18.4 Å². The molecular weight excluding hydrogens is 360 g/mol. The molecule has 1 aromatic heterocycles. The molecule has 2 aromatic rings. The summed E-state index contributed by atoms with van der Waals surface area (Å²) in [4.78, 5) is 14.2. The first-order chi connectivity index (χ1) is 12.3. The Morgan fingerprint density at radius 3 is 2.62 bits per heavy atom. The van der Waals surface area contributed by atoms with Crippen LogP contribution in [0.4, 0.5) is 0 Å². The average molecular weight is 380 g/mol. The number of morpholine rings is 1. The van der Waals surface area contributed by atoms with Gasteiger partial charge in [-0.05, 0) is 31.2 Å². The van der Waals surface area contributed by atoms with E-state index in [1.807, 2.05) is 0 Å². The first-order valence-corrected chi connectivity index (χ1v) is 9.56. The van der Waals surface area contributed by atoms with Crippen molar-refractivity contribution in [3.63, 3.8) is 0 Å². The molecule has 0 atom stereocenters. The summed E-state index contributed by atoms with van der Waals surface area (Å²) in [5, 5.41) is 19.1. The van der Waals surface area contributed by atoms with Crippen molar-refractivity contribution in [2.24, 2.45) is 5.14 Å². The van der Waals surface area contributed by atoms with E-state index in [0.29, 0.717) is 43.2 Å². The molecule has 0 bridgehead atoms. The third kappa shape index (κ3) is 3.63. The van der Waals surface area contributed by atoms with Crippen molar-refractivity contribution in [3.05, 3.63) is 41.2 Å². The molecule has 3 rings (SSSR count). The standard InChI is InChI=1S/C16H20N4O5S/c1-11-8-14(16(22)19-4-6-25-7-5-19)18-20(11)15-3-2-13(26(17,23)24)9-12(15)10-21/h2-3,8-9,21H,4-7,10H2,1H3,(H2,17,23,24). The van der Waals surface area contributed by atoms with Crippen LogP contribution >= 0.6 is 0 Å². The van der Waals surface area contributed by atoms with Gasteiger partial charge in [-0.15, -0.1) is 0 Å². The lowest BCUT2D eigenvalue weighted by Crippen LogP contribution is -2.40. The van der Waals surface area contributed by atoms with Crippen LogP contribution in [0.2, 0.25) is 0 Å². The van der Waals surface area contributed by atoms with Crippen LogP contribution in [0.5, 0.6) is 0 Å². The number of rotatable bonds is 4. The summed E-state index contributed by atoms with van der Waals surface area (Å²) in [6.45, 7) is 3.39. The lowest BCUT2D eigenvalue weighted by atomic mass is 10.2. The number of aromatic nitrogens is 2. The fourth-order valence-corrected chi connectivity index (χ4v) is 3.39. The van der Waals surface area contributed by atoms with Gasteiger partial charge in [0.05, 0.1) is 30.4 Å². The smallest absolute Gasteiger partial charge is 0.274 e. The second-order valence-electron chi connectivity index (χ2n) is 5.98. The van der Waals surface area contributed by atoms with Crippen LogP contribution in [0.25, 0.3) is 5.69 Å².